The van der Waals surface area contributed by atoms with Gasteiger partial charge >= 0.3 is 6.61 Å². The number of thiophene rings is 1. The fourth-order valence-corrected chi connectivity index (χ4v) is 3.12. The van der Waals surface area contributed by atoms with E-state index in [0.29, 0.717) is 12.5 Å². The molecule has 1 aromatic heterocycles. The van der Waals surface area contributed by atoms with Crippen LogP contribution in [0.1, 0.15) is 27.4 Å². The Bertz CT molecular complexity index is 459. The summed E-state index contributed by atoms with van der Waals surface area (Å²) in [6.07, 6.45) is 2.02. The number of hydrogen-bond acceptors (Lipinski definition) is 4. The molecule has 0 radical (unpaired) electrons. The predicted molar refractivity (Wildman–Crippen MR) is 73.6 cm³/mol. The van der Waals surface area contributed by atoms with Crippen molar-refractivity contribution in [3.05, 3.63) is 15.8 Å². The summed E-state index contributed by atoms with van der Waals surface area (Å²) >= 11 is 1.16. The highest BCUT2D eigenvalue weighted by atomic mass is 32.1. The van der Waals surface area contributed by atoms with Gasteiger partial charge in [0.15, 0.2) is 0 Å². The van der Waals surface area contributed by atoms with E-state index in [4.69, 9.17) is 0 Å². The number of carbonyl (C=O) groups excluding carboxylic acids is 1. The van der Waals surface area contributed by atoms with Gasteiger partial charge in [0, 0.05) is 11.4 Å². The molecular weight excluding hydrogens is 286 g/mol. The van der Waals surface area contributed by atoms with E-state index < -0.39 is 6.61 Å². The second-order valence-electron chi connectivity index (χ2n) is 4.83. The lowest BCUT2D eigenvalue weighted by Gasteiger charge is -2.09. The van der Waals surface area contributed by atoms with Crippen LogP contribution in [0.4, 0.5) is 8.78 Å². The molecule has 112 valence electrons. The van der Waals surface area contributed by atoms with Crippen LogP contribution in [0.25, 0.3) is 0 Å². The Morgan fingerprint density at radius 3 is 3.10 bits per heavy atom. The molecule has 7 heteroatoms. The summed E-state index contributed by atoms with van der Waals surface area (Å²) in [6.45, 7) is 1.39. The van der Waals surface area contributed by atoms with E-state index in [1.165, 1.54) is 6.07 Å². The van der Waals surface area contributed by atoms with E-state index in [2.05, 4.69) is 15.4 Å². The minimum atomic E-state index is -2.92. The molecule has 1 aliphatic rings. The molecule has 2 N–H and O–H groups in total. The molecule has 0 aromatic carbocycles. The molecule has 1 aromatic rings. The van der Waals surface area contributed by atoms with Gasteiger partial charge in [-0.2, -0.15) is 8.78 Å². The topological polar surface area (TPSA) is 50.4 Å². The largest absolute Gasteiger partial charge is 0.433 e. The number of amides is 1. The standard InChI is InChI=1S/C13H18F2N2O2S/c1-8-6-10(19-13(14)15)11(20-8)12(18)17-5-3-9-2-4-16-7-9/h6,9,13,16H,2-5,7H2,1H3,(H,17,18). The number of rotatable bonds is 6. The van der Waals surface area contributed by atoms with Crippen LogP contribution in [-0.4, -0.2) is 32.2 Å². The summed E-state index contributed by atoms with van der Waals surface area (Å²) in [5, 5.41) is 6.03. The lowest BCUT2D eigenvalue weighted by Crippen LogP contribution is -2.26. The van der Waals surface area contributed by atoms with Gasteiger partial charge in [-0.1, -0.05) is 0 Å². The third-order valence-electron chi connectivity index (χ3n) is 3.24. The van der Waals surface area contributed by atoms with Gasteiger partial charge in [0.1, 0.15) is 10.6 Å². The highest BCUT2D eigenvalue weighted by molar-refractivity contribution is 7.14. The van der Waals surface area contributed by atoms with E-state index in [0.717, 1.165) is 42.1 Å². The average Bonchev–Trinajstić information content (AvgIpc) is 2.98. The van der Waals surface area contributed by atoms with Gasteiger partial charge in [0.2, 0.25) is 0 Å². The Labute approximate surface area is 120 Å². The molecule has 1 unspecified atom stereocenters. The minimum Gasteiger partial charge on any atom is -0.433 e. The fourth-order valence-electron chi connectivity index (χ4n) is 2.26. The van der Waals surface area contributed by atoms with Crippen molar-refractivity contribution in [2.24, 2.45) is 5.92 Å². The Morgan fingerprint density at radius 2 is 2.45 bits per heavy atom. The molecular formula is C13H18F2N2O2S. The predicted octanol–water partition coefficient (Wildman–Crippen LogP) is 2.39. The fraction of sp³-hybridized carbons (Fsp3) is 0.615. The molecule has 4 nitrogen and oxygen atoms in total. The maximum Gasteiger partial charge on any atom is 0.387 e. The van der Waals surface area contributed by atoms with E-state index >= 15 is 0 Å². The zero-order valence-electron chi connectivity index (χ0n) is 11.2. The number of hydrogen-bond donors (Lipinski definition) is 2. The van der Waals surface area contributed by atoms with Gasteiger partial charge in [-0.25, -0.2) is 0 Å². The van der Waals surface area contributed by atoms with Crippen molar-refractivity contribution in [2.75, 3.05) is 19.6 Å². The Balaban J connectivity index is 1.87. The molecule has 1 saturated heterocycles. The number of aryl methyl sites for hydroxylation is 1. The van der Waals surface area contributed by atoms with E-state index in [-0.39, 0.29) is 16.5 Å². The summed E-state index contributed by atoms with van der Waals surface area (Å²) in [5.74, 6) is 0.199. The maximum absolute atomic E-state index is 12.3. The number of ether oxygens (including phenoxy) is 1. The van der Waals surface area contributed by atoms with Gasteiger partial charge < -0.3 is 15.4 Å². The summed E-state index contributed by atoms with van der Waals surface area (Å²) in [6, 6.07) is 1.46. The van der Waals surface area contributed by atoms with Gasteiger partial charge in [-0.15, -0.1) is 11.3 Å². The number of alkyl halides is 2. The first kappa shape index (κ1) is 15.2. The van der Waals surface area contributed by atoms with Crippen molar-refractivity contribution >= 4 is 17.2 Å². The molecule has 0 bridgehead atoms. The number of nitrogens with one attached hydrogen (secondary N) is 2. The van der Waals surface area contributed by atoms with Crippen molar-refractivity contribution in [3.8, 4) is 5.75 Å². The first-order valence-corrected chi connectivity index (χ1v) is 7.42. The van der Waals surface area contributed by atoms with E-state index in [1.807, 2.05) is 0 Å². The van der Waals surface area contributed by atoms with E-state index in [1.54, 1.807) is 6.92 Å². The molecule has 0 aliphatic carbocycles. The van der Waals surface area contributed by atoms with Crippen LogP contribution >= 0.6 is 11.3 Å². The van der Waals surface area contributed by atoms with Crippen LogP contribution < -0.4 is 15.4 Å². The normalized spacial score (nSPS) is 18.5. The van der Waals surface area contributed by atoms with Crippen LogP contribution in [0.2, 0.25) is 0 Å². The molecule has 20 heavy (non-hydrogen) atoms. The molecule has 1 amide bonds. The Morgan fingerprint density at radius 1 is 1.65 bits per heavy atom. The molecule has 1 aliphatic heterocycles. The lowest BCUT2D eigenvalue weighted by molar-refractivity contribution is -0.0498. The van der Waals surface area contributed by atoms with Crippen LogP contribution in [0, 0.1) is 12.8 Å². The van der Waals surface area contributed by atoms with Crippen LogP contribution in [-0.2, 0) is 0 Å². The van der Waals surface area contributed by atoms with Crippen LogP contribution in [0.15, 0.2) is 6.07 Å². The highest BCUT2D eigenvalue weighted by Gasteiger charge is 2.20. The first-order valence-electron chi connectivity index (χ1n) is 6.60. The lowest BCUT2D eigenvalue weighted by atomic mass is 10.1. The third-order valence-corrected chi connectivity index (χ3v) is 4.27. The molecule has 1 fully saturated rings. The Kier molecular flexibility index (Phi) is 5.31. The number of carbonyl (C=O) groups is 1. The first-order chi connectivity index (χ1) is 9.56. The van der Waals surface area contributed by atoms with Crippen molar-refractivity contribution in [1.29, 1.82) is 0 Å². The van der Waals surface area contributed by atoms with E-state index in [9.17, 15) is 13.6 Å². The quantitative estimate of drug-likeness (QED) is 0.848. The van der Waals surface area contributed by atoms with Gasteiger partial charge in [0.05, 0.1) is 0 Å². The Hall–Kier alpha value is -1.21. The molecule has 0 saturated carbocycles. The third kappa shape index (κ3) is 4.14. The van der Waals surface area contributed by atoms with Crippen molar-refractivity contribution in [3.63, 3.8) is 0 Å². The van der Waals surface area contributed by atoms with Gasteiger partial charge in [-0.3, -0.25) is 4.79 Å². The molecule has 2 heterocycles. The summed E-state index contributed by atoms with van der Waals surface area (Å²) in [5.41, 5.74) is 0. The monoisotopic (exact) mass is 304 g/mol. The second-order valence-corrected chi connectivity index (χ2v) is 6.09. The van der Waals surface area contributed by atoms with Crippen molar-refractivity contribution < 1.29 is 18.3 Å². The van der Waals surface area contributed by atoms with Crippen LogP contribution in [0.5, 0.6) is 5.75 Å². The summed E-state index contributed by atoms with van der Waals surface area (Å²) in [4.78, 5) is 13.0. The van der Waals surface area contributed by atoms with Gasteiger partial charge in [-0.05, 0) is 44.8 Å². The average molecular weight is 304 g/mol. The maximum atomic E-state index is 12.3. The number of halogens is 2. The zero-order chi connectivity index (χ0) is 14.5. The zero-order valence-corrected chi connectivity index (χ0v) is 12.1. The molecule has 1 atom stereocenters. The van der Waals surface area contributed by atoms with Gasteiger partial charge in [0.25, 0.3) is 5.91 Å². The van der Waals surface area contributed by atoms with Crippen LogP contribution in [0.3, 0.4) is 0 Å². The molecule has 0 spiro atoms. The second kappa shape index (κ2) is 6.99. The molecule has 2 rings (SSSR count). The summed E-state index contributed by atoms with van der Waals surface area (Å²) in [7, 11) is 0. The SMILES string of the molecule is Cc1cc(OC(F)F)c(C(=O)NCCC2CCNC2)s1. The smallest absolute Gasteiger partial charge is 0.387 e. The highest BCUT2D eigenvalue weighted by Crippen LogP contribution is 2.30. The summed E-state index contributed by atoms with van der Waals surface area (Å²) < 4.78 is 28.9. The minimum absolute atomic E-state index is 0.0393. The van der Waals surface area contributed by atoms with Crippen molar-refractivity contribution in [2.45, 2.75) is 26.4 Å². The van der Waals surface area contributed by atoms with Crippen molar-refractivity contribution in [1.82, 2.24) is 10.6 Å².